The molecule has 0 radical (unpaired) electrons. The first kappa shape index (κ1) is 16.7. The molecule has 0 aliphatic carbocycles. The zero-order valence-corrected chi connectivity index (χ0v) is 13.2. The van der Waals surface area contributed by atoms with Crippen LogP contribution in [-0.4, -0.2) is 29.4 Å². The molecule has 0 saturated heterocycles. The van der Waals surface area contributed by atoms with E-state index in [0.717, 1.165) is 5.69 Å². The number of rotatable bonds is 7. The molecule has 2 N–H and O–H groups in total. The van der Waals surface area contributed by atoms with Crippen molar-refractivity contribution in [1.82, 2.24) is 15.6 Å². The van der Waals surface area contributed by atoms with Crippen LogP contribution in [0.2, 0.25) is 0 Å². The second-order valence-electron chi connectivity index (χ2n) is 5.37. The van der Waals surface area contributed by atoms with Gasteiger partial charge in [0, 0.05) is 42.9 Å². The molecule has 2 aromatic rings. The lowest BCUT2D eigenvalue weighted by Gasteiger charge is -2.14. The highest BCUT2D eigenvalue weighted by Gasteiger charge is 2.12. The van der Waals surface area contributed by atoms with E-state index in [-0.39, 0.29) is 24.3 Å². The first-order valence-corrected chi connectivity index (χ1v) is 7.67. The molecule has 1 unspecified atom stereocenters. The van der Waals surface area contributed by atoms with Crippen LogP contribution >= 0.6 is 0 Å². The van der Waals surface area contributed by atoms with Crippen molar-refractivity contribution in [1.29, 1.82) is 0 Å². The Morgan fingerprint density at radius 1 is 1.09 bits per heavy atom. The summed E-state index contributed by atoms with van der Waals surface area (Å²) in [7, 11) is 0. The van der Waals surface area contributed by atoms with Crippen LogP contribution < -0.4 is 10.6 Å². The van der Waals surface area contributed by atoms with Crippen LogP contribution in [0, 0.1) is 0 Å². The lowest BCUT2D eigenvalue weighted by atomic mass is 10.1. The first-order chi connectivity index (χ1) is 11.1. The SMILES string of the molecule is CC(CC(=O)NCCc1ccccn1)NC(=O)c1ccccc1. The summed E-state index contributed by atoms with van der Waals surface area (Å²) >= 11 is 0. The fraction of sp³-hybridized carbons (Fsp3) is 0.278. The predicted octanol–water partition coefficient (Wildman–Crippen LogP) is 1.95. The van der Waals surface area contributed by atoms with Crippen LogP contribution in [0.15, 0.2) is 54.7 Å². The molecule has 2 amide bonds. The molecule has 0 bridgehead atoms. The van der Waals surface area contributed by atoms with E-state index in [1.807, 2.05) is 43.3 Å². The van der Waals surface area contributed by atoms with Gasteiger partial charge in [0.2, 0.25) is 5.91 Å². The highest BCUT2D eigenvalue weighted by atomic mass is 16.2. The maximum atomic E-state index is 12.0. The van der Waals surface area contributed by atoms with Gasteiger partial charge in [-0.05, 0) is 31.2 Å². The molecule has 1 heterocycles. The van der Waals surface area contributed by atoms with Crippen molar-refractivity contribution >= 4 is 11.8 Å². The van der Waals surface area contributed by atoms with Gasteiger partial charge in [0.25, 0.3) is 5.91 Å². The quantitative estimate of drug-likeness (QED) is 0.821. The average molecular weight is 311 g/mol. The van der Waals surface area contributed by atoms with Crippen molar-refractivity contribution in [3.8, 4) is 0 Å². The summed E-state index contributed by atoms with van der Waals surface area (Å²) in [5.74, 6) is -0.249. The molecule has 5 nitrogen and oxygen atoms in total. The Balaban J connectivity index is 1.69. The third kappa shape index (κ3) is 5.90. The van der Waals surface area contributed by atoms with E-state index in [2.05, 4.69) is 15.6 Å². The summed E-state index contributed by atoms with van der Waals surface area (Å²) in [4.78, 5) is 28.1. The molecule has 2 rings (SSSR count). The van der Waals surface area contributed by atoms with Gasteiger partial charge in [-0.2, -0.15) is 0 Å². The van der Waals surface area contributed by atoms with Crippen LogP contribution in [0.5, 0.6) is 0 Å². The van der Waals surface area contributed by atoms with E-state index in [9.17, 15) is 9.59 Å². The molecule has 5 heteroatoms. The topological polar surface area (TPSA) is 71.1 Å². The van der Waals surface area contributed by atoms with Crippen molar-refractivity contribution in [2.45, 2.75) is 25.8 Å². The highest BCUT2D eigenvalue weighted by molar-refractivity contribution is 5.94. The molecule has 23 heavy (non-hydrogen) atoms. The predicted molar refractivity (Wildman–Crippen MR) is 88.9 cm³/mol. The molecule has 0 aliphatic rings. The molecule has 0 fully saturated rings. The third-order valence-electron chi connectivity index (χ3n) is 3.33. The van der Waals surface area contributed by atoms with Crippen molar-refractivity contribution in [2.24, 2.45) is 0 Å². The number of hydrogen-bond donors (Lipinski definition) is 2. The summed E-state index contributed by atoms with van der Waals surface area (Å²) in [6.07, 6.45) is 2.68. The maximum absolute atomic E-state index is 12.0. The molecule has 0 saturated carbocycles. The standard InChI is InChI=1S/C18H21N3O2/c1-14(21-18(23)15-7-3-2-4-8-15)13-17(22)20-12-10-16-9-5-6-11-19-16/h2-9,11,14H,10,12-13H2,1H3,(H,20,22)(H,21,23). The number of benzene rings is 1. The smallest absolute Gasteiger partial charge is 0.251 e. The zero-order valence-electron chi connectivity index (χ0n) is 13.2. The van der Waals surface area contributed by atoms with Crippen LogP contribution in [0.3, 0.4) is 0 Å². The fourth-order valence-corrected chi connectivity index (χ4v) is 2.17. The van der Waals surface area contributed by atoms with Crippen LogP contribution in [0.25, 0.3) is 0 Å². The highest BCUT2D eigenvalue weighted by Crippen LogP contribution is 2.00. The van der Waals surface area contributed by atoms with Gasteiger partial charge in [-0.15, -0.1) is 0 Å². The van der Waals surface area contributed by atoms with Gasteiger partial charge in [0.05, 0.1) is 0 Å². The second kappa shape index (κ2) is 8.68. The molecule has 0 spiro atoms. The van der Waals surface area contributed by atoms with E-state index in [1.54, 1.807) is 18.3 Å². The van der Waals surface area contributed by atoms with Crippen molar-refractivity contribution in [3.63, 3.8) is 0 Å². The Morgan fingerprint density at radius 2 is 1.83 bits per heavy atom. The number of aromatic nitrogens is 1. The van der Waals surface area contributed by atoms with Crippen LogP contribution in [-0.2, 0) is 11.2 Å². The number of hydrogen-bond acceptors (Lipinski definition) is 3. The number of amides is 2. The first-order valence-electron chi connectivity index (χ1n) is 7.67. The minimum absolute atomic E-state index is 0.0817. The minimum Gasteiger partial charge on any atom is -0.356 e. The summed E-state index contributed by atoms with van der Waals surface area (Å²) in [6.45, 7) is 2.36. The van der Waals surface area contributed by atoms with Gasteiger partial charge in [0.15, 0.2) is 0 Å². The largest absolute Gasteiger partial charge is 0.356 e. The summed E-state index contributed by atoms with van der Waals surface area (Å²) in [5.41, 5.74) is 1.54. The van der Waals surface area contributed by atoms with Gasteiger partial charge >= 0.3 is 0 Å². The minimum atomic E-state index is -0.224. The van der Waals surface area contributed by atoms with Crippen molar-refractivity contribution in [2.75, 3.05) is 6.54 Å². The number of nitrogens with zero attached hydrogens (tertiary/aromatic N) is 1. The monoisotopic (exact) mass is 311 g/mol. The number of nitrogens with one attached hydrogen (secondary N) is 2. The third-order valence-corrected chi connectivity index (χ3v) is 3.33. The molecule has 0 aliphatic heterocycles. The summed E-state index contributed by atoms with van der Waals surface area (Å²) in [5, 5.41) is 5.67. The van der Waals surface area contributed by atoms with Crippen LogP contribution in [0.1, 0.15) is 29.4 Å². The van der Waals surface area contributed by atoms with E-state index in [0.29, 0.717) is 18.5 Å². The van der Waals surface area contributed by atoms with Gasteiger partial charge in [0.1, 0.15) is 0 Å². The Hall–Kier alpha value is -2.69. The Bertz CT molecular complexity index is 629. The normalized spacial score (nSPS) is 11.5. The van der Waals surface area contributed by atoms with E-state index < -0.39 is 0 Å². The molecule has 1 aromatic carbocycles. The molecule has 1 atom stereocenters. The number of pyridine rings is 1. The molecule has 1 aromatic heterocycles. The second-order valence-corrected chi connectivity index (χ2v) is 5.37. The Kier molecular flexibility index (Phi) is 6.29. The maximum Gasteiger partial charge on any atom is 0.251 e. The molecular weight excluding hydrogens is 290 g/mol. The summed E-state index contributed by atoms with van der Waals surface area (Å²) in [6, 6.07) is 14.4. The van der Waals surface area contributed by atoms with E-state index >= 15 is 0 Å². The van der Waals surface area contributed by atoms with Crippen molar-refractivity contribution in [3.05, 3.63) is 66.0 Å². The van der Waals surface area contributed by atoms with Gasteiger partial charge in [-0.25, -0.2) is 0 Å². The molecular formula is C18H21N3O2. The van der Waals surface area contributed by atoms with Crippen LogP contribution in [0.4, 0.5) is 0 Å². The van der Waals surface area contributed by atoms with Gasteiger partial charge < -0.3 is 10.6 Å². The molecule has 120 valence electrons. The fourth-order valence-electron chi connectivity index (χ4n) is 2.17. The van der Waals surface area contributed by atoms with Gasteiger partial charge in [-0.3, -0.25) is 14.6 Å². The Morgan fingerprint density at radius 3 is 2.52 bits per heavy atom. The number of carbonyl (C=O) groups is 2. The summed E-state index contributed by atoms with van der Waals surface area (Å²) < 4.78 is 0. The lowest BCUT2D eigenvalue weighted by molar-refractivity contribution is -0.121. The average Bonchev–Trinajstić information content (AvgIpc) is 2.56. The van der Waals surface area contributed by atoms with E-state index in [4.69, 9.17) is 0 Å². The van der Waals surface area contributed by atoms with Crippen molar-refractivity contribution < 1.29 is 9.59 Å². The number of carbonyl (C=O) groups excluding carboxylic acids is 2. The van der Waals surface area contributed by atoms with Gasteiger partial charge in [-0.1, -0.05) is 24.3 Å². The van der Waals surface area contributed by atoms with E-state index in [1.165, 1.54) is 0 Å². The Labute approximate surface area is 136 Å². The zero-order chi connectivity index (χ0) is 16.5. The lowest BCUT2D eigenvalue weighted by Crippen LogP contribution is -2.37.